The van der Waals surface area contributed by atoms with E-state index in [9.17, 15) is 4.79 Å². The molecule has 4 nitrogen and oxygen atoms in total. The molecule has 1 fully saturated rings. The van der Waals surface area contributed by atoms with Crippen LogP contribution in [0.15, 0.2) is 59.1 Å². The van der Waals surface area contributed by atoms with Gasteiger partial charge in [-0.25, -0.2) is 4.79 Å². The summed E-state index contributed by atoms with van der Waals surface area (Å²) in [4.78, 5) is 14.6. The van der Waals surface area contributed by atoms with Gasteiger partial charge in [0.05, 0.1) is 0 Å². The molecule has 0 atom stereocenters. The van der Waals surface area contributed by atoms with E-state index in [1.165, 1.54) is 11.1 Å². The van der Waals surface area contributed by atoms with Crippen LogP contribution in [0, 0.1) is 0 Å². The summed E-state index contributed by atoms with van der Waals surface area (Å²) in [5.74, 6) is 0. The fraction of sp³-hybridized carbons (Fsp3) is 0.381. The third kappa shape index (κ3) is 5.85. The van der Waals surface area contributed by atoms with E-state index in [0.29, 0.717) is 6.54 Å². The van der Waals surface area contributed by atoms with Crippen LogP contribution in [-0.2, 0) is 13.0 Å². The van der Waals surface area contributed by atoms with Crippen molar-refractivity contribution in [1.29, 1.82) is 0 Å². The van der Waals surface area contributed by atoms with Crippen molar-refractivity contribution < 1.29 is 4.79 Å². The summed E-state index contributed by atoms with van der Waals surface area (Å²) in [7, 11) is 0. The summed E-state index contributed by atoms with van der Waals surface area (Å²) in [5.41, 5.74) is 2.56. The normalized spacial score (nSPS) is 15.6. The molecule has 1 aliphatic rings. The first-order valence-electron chi connectivity index (χ1n) is 9.25. The van der Waals surface area contributed by atoms with Crippen LogP contribution in [0.25, 0.3) is 0 Å². The van der Waals surface area contributed by atoms with Crippen molar-refractivity contribution in [3.05, 3.63) is 70.2 Å². The van der Waals surface area contributed by atoms with Crippen LogP contribution in [0.4, 0.5) is 4.79 Å². The minimum absolute atomic E-state index is 0.0569. The van der Waals surface area contributed by atoms with Crippen LogP contribution < -0.4 is 10.6 Å². The summed E-state index contributed by atoms with van der Waals surface area (Å²) >= 11 is 3.54. The quantitative estimate of drug-likeness (QED) is 0.749. The number of hydrogen-bond acceptors (Lipinski definition) is 2. The molecule has 138 valence electrons. The molecule has 2 aromatic carbocycles. The second-order valence-electron chi connectivity index (χ2n) is 6.78. The average Bonchev–Trinajstić information content (AvgIpc) is 2.66. The van der Waals surface area contributed by atoms with E-state index in [1.807, 2.05) is 18.2 Å². The minimum Gasteiger partial charge on any atom is -0.338 e. The Kier molecular flexibility index (Phi) is 7.09. The molecule has 1 aliphatic heterocycles. The number of rotatable bonds is 6. The Morgan fingerprint density at radius 1 is 1.04 bits per heavy atom. The number of urea groups is 1. The maximum atomic E-state index is 12.1. The van der Waals surface area contributed by atoms with Gasteiger partial charge in [-0.05, 0) is 36.5 Å². The van der Waals surface area contributed by atoms with Crippen LogP contribution in [-0.4, -0.2) is 36.6 Å². The number of halogens is 1. The van der Waals surface area contributed by atoms with Gasteiger partial charge in [-0.15, -0.1) is 0 Å². The highest BCUT2D eigenvalue weighted by Gasteiger charge is 2.20. The Hall–Kier alpha value is -1.85. The predicted molar refractivity (Wildman–Crippen MR) is 109 cm³/mol. The van der Waals surface area contributed by atoms with Crippen molar-refractivity contribution in [2.24, 2.45) is 0 Å². The summed E-state index contributed by atoms with van der Waals surface area (Å²) in [6.07, 6.45) is 2.83. The van der Waals surface area contributed by atoms with E-state index in [0.717, 1.165) is 43.4 Å². The lowest BCUT2D eigenvalue weighted by molar-refractivity contribution is 0.186. The highest BCUT2D eigenvalue weighted by molar-refractivity contribution is 9.10. The minimum atomic E-state index is -0.0569. The molecule has 0 saturated carbocycles. The number of nitrogens with zero attached hydrogens (tertiary/aromatic N) is 1. The number of likely N-dealkylation sites (tertiary alicyclic amines) is 1. The Labute approximate surface area is 164 Å². The van der Waals surface area contributed by atoms with E-state index in [2.05, 4.69) is 67.9 Å². The molecule has 0 radical (unpaired) electrons. The summed E-state index contributed by atoms with van der Waals surface area (Å²) < 4.78 is 1.09. The number of amides is 2. The first kappa shape index (κ1) is 18.9. The van der Waals surface area contributed by atoms with E-state index < -0.39 is 0 Å². The van der Waals surface area contributed by atoms with Gasteiger partial charge in [0.25, 0.3) is 0 Å². The second kappa shape index (κ2) is 9.74. The fourth-order valence-corrected chi connectivity index (χ4v) is 3.81. The maximum Gasteiger partial charge on any atom is 0.315 e. The number of hydrogen-bond donors (Lipinski definition) is 2. The second-order valence-corrected chi connectivity index (χ2v) is 7.63. The van der Waals surface area contributed by atoms with Crippen LogP contribution in [0.5, 0.6) is 0 Å². The predicted octanol–water partition coefficient (Wildman–Crippen LogP) is 3.96. The monoisotopic (exact) mass is 415 g/mol. The number of piperidine rings is 1. The number of carbonyl (C=O) groups is 1. The molecule has 2 aromatic rings. The van der Waals surface area contributed by atoms with Crippen molar-refractivity contribution in [2.75, 3.05) is 19.6 Å². The molecule has 0 aliphatic carbocycles. The SMILES string of the molecule is O=C(NCCc1ccccc1Br)NC1CCN(Cc2ccccc2)CC1. The van der Waals surface area contributed by atoms with Crippen LogP contribution in [0.1, 0.15) is 24.0 Å². The van der Waals surface area contributed by atoms with E-state index in [1.54, 1.807) is 0 Å². The smallest absolute Gasteiger partial charge is 0.315 e. The van der Waals surface area contributed by atoms with Gasteiger partial charge in [-0.2, -0.15) is 0 Å². The molecule has 0 bridgehead atoms. The van der Waals surface area contributed by atoms with Gasteiger partial charge in [-0.1, -0.05) is 64.5 Å². The lowest BCUT2D eigenvalue weighted by Gasteiger charge is -2.32. The molecular weight excluding hydrogens is 390 g/mol. The molecule has 26 heavy (non-hydrogen) atoms. The molecule has 1 saturated heterocycles. The highest BCUT2D eigenvalue weighted by atomic mass is 79.9. The van der Waals surface area contributed by atoms with Crippen LogP contribution >= 0.6 is 15.9 Å². The zero-order valence-corrected chi connectivity index (χ0v) is 16.5. The van der Waals surface area contributed by atoms with E-state index in [4.69, 9.17) is 0 Å². The van der Waals surface area contributed by atoms with Crippen molar-refractivity contribution in [3.8, 4) is 0 Å². The molecule has 2 N–H and O–H groups in total. The van der Waals surface area contributed by atoms with Gasteiger partial charge in [0, 0.05) is 36.7 Å². The third-order valence-corrected chi connectivity index (χ3v) is 5.58. The van der Waals surface area contributed by atoms with Crippen molar-refractivity contribution >= 4 is 22.0 Å². The summed E-state index contributed by atoms with van der Waals surface area (Å²) in [5, 5.41) is 6.09. The molecule has 0 spiro atoms. The molecule has 3 rings (SSSR count). The number of benzene rings is 2. The topological polar surface area (TPSA) is 44.4 Å². The van der Waals surface area contributed by atoms with Crippen LogP contribution in [0.2, 0.25) is 0 Å². The van der Waals surface area contributed by atoms with Crippen LogP contribution in [0.3, 0.4) is 0 Å². The van der Waals surface area contributed by atoms with Gasteiger partial charge >= 0.3 is 6.03 Å². The molecule has 2 amide bonds. The maximum absolute atomic E-state index is 12.1. The van der Waals surface area contributed by atoms with E-state index in [-0.39, 0.29) is 12.1 Å². The largest absolute Gasteiger partial charge is 0.338 e. The molecular formula is C21H26BrN3O. The lowest BCUT2D eigenvalue weighted by Crippen LogP contribution is -2.48. The van der Waals surface area contributed by atoms with Crippen molar-refractivity contribution in [3.63, 3.8) is 0 Å². The summed E-state index contributed by atoms with van der Waals surface area (Å²) in [6, 6.07) is 18.9. The highest BCUT2D eigenvalue weighted by Crippen LogP contribution is 2.16. The Bertz CT molecular complexity index is 699. The zero-order chi connectivity index (χ0) is 18.2. The Balaban J connectivity index is 1.34. The lowest BCUT2D eigenvalue weighted by atomic mass is 10.0. The molecule has 0 unspecified atom stereocenters. The fourth-order valence-electron chi connectivity index (χ4n) is 3.33. The zero-order valence-electron chi connectivity index (χ0n) is 15.0. The molecule has 0 aromatic heterocycles. The van der Waals surface area contributed by atoms with Gasteiger partial charge in [0.15, 0.2) is 0 Å². The molecule has 1 heterocycles. The van der Waals surface area contributed by atoms with Gasteiger partial charge in [-0.3, -0.25) is 4.90 Å². The third-order valence-electron chi connectivity index (χ3n) is 4.81. The number of carbonyl (C=O) groups excluding carboxylic acids is 1. The first-order chi connectivity index (χ1) is 12.7. The Morgan fingerprint density at radius 3 is 2.46 bits per heavy atom. The van der Waals surface area contributed by atoms with Gasteiger partial charge in [0.2, 0.25) is 0 Å². The van der Waals surface area contributed by atoms with Gasteiger partial charge < -0.3 is 10.6 Å². The molecule has 5 heteroatoms. The Morgan fingerprint density at radius 2 is 1.73 bits per heavy atom. The van der Waals surface area contributed by atoms with E-state index >= 15 is 0 Å². The number of nitrogens with one attached hydrogen (secondary N) is 2. The van der Waals surface area contributed by atoms with Gasteiger partial charge in [0.1, 0.15) is 0 Å². The first-order valence-corrected chi connectivity index (χ1v) is 10.0. The summed E-state index contributed by atoms with van der Waals surface area (Å²) in [6.45, 7) is 3.68. The van der Waals surface area contributed by atoms with Crippen molar-refractivity contribution in [2.45, 2.75) is 31.8 Å². The standard InChI is InChI=1S/C21H26BrN3O/c22-20-9-5-4-8-18(20)10-13-23-21(26)24-19-11-14-25(15-12-19)16-17-6-2-1-3-7-17/h1-9,19H,10-16H2,(H2,23,24,26). The van der Waals surface area contributed by atoms with Crippen molar-refractivity contribution in [1.82, 2.24) is 15.5 Å². The average molecular weight is 416 g/mol.